The molecule has 1 fully saturated rings. The van der Waals surface area contributed by atoms with Gasteiger partial charge in [-0.15, -0.1) is 0 Å². The third-order valence-electron chi connectivity index (χ3n) is 4.36. The van der Waals surface area contributed by atoms with Gasteiger partial charge in [-0.1, -0.05) is 20.8 Å². The molecular formula is C14H25NO3. The van der Waals surface area contributed by atoms with Crippen LogP contribution in [0.1, 0.15) is 40.5 Å². The molecule has 1 aliphatic rings. The number of hydrogen-bond donors (Lipinski definition) is 1. The minimum absolute atomic E-state index is 0.00653. The molecule has 0 spiro atoms. The summed E-state index contributed by atoms with van der Waals surface area (Å²) in [7, 11) is 1.79. The standard InChI is InChI=1S/C14H25NO3/c1-8(2)10(4)15(5)13(16)11-6-9(3)7-12(11)14(17)18/h8-12H,6-7H2,1-5H3,(H,17,18). The fourth-order valence-electron chi connectivity index (χ4n) is 2.75. The zero-order valence-corrected chi connectivity index (χ0v) is 12.0. The van der Waals surface area contributed by atoms with Crippen LogP contribution in [0.5, 0.6) is 0 Å². The van der Waals surface area contributed by atoms with Crippen LogP contribution in [0.2, 0.25) is 0 Å². The first-order valence-corrected chi connectivity index (χ1v) is 6.75. The third-order valence-corrected chi connectivity index (χ3v) is 4.36. The monoisotopic (exact) mass is 255 g/mol. The largest absolute Gasteiger partial charge is 0.481 e. The van der Waals surface area contributed by atoms with Crippen molar-refractivity contribution in [3.8, 4) is 0 Å². The maximum atomic E-state index is 12.4. The van der Waals surface area contributed by atoms with Crippen molar-refractivity contribution in [2.75, 3.05) is 7.05 Å². The zero-order chi connectivity index (χ0) is 14.0. The van der Waals surface area contributed by atoms with E-state index < -0.39 is 11.9 Å². The Kier molecular flexibility index (Phi) is 4.77. The molecule has 18 heavy (non-hydrogen) atoms. The van der Waals surface area contributed by atoms with E-state index in [1.807, 2.05) is 13.8 Å². The van der Waals surface area contributed by atoms with E-state index in [4.69, 9.17) is 0 Å². The molecule has 0 aliphatic heterocycles. The van der Waals surface area contributed by atoms with Crippen LogP contribution in [-0.2, 0) is 9.59 Å². The number of nitrogens with zero attached hydrogens (tertiary/aromatic N) is 1. The molecule has 1 aliphatic carbocycles. The summed E-state index contributed by atoms with van der Waals surface area (Å²) in [5.74, 6) is -0.988. The first-order chi connectivity index (χ1) is 8.25. The molecule has 104 valence electrons. The molecule has 4 unspecified atom stereocenters. The molecule has 1 saturated carbocycles. The van der Waals surface area contributed by atoms with Gasteiger partial charge in [0.05, 0.1) is 11.8 Å². The van der Waals surface area contributed by atoms with E-state index in [2.05, 4.69) is 13.8 Å². The summed E-state index contributed by atoms with van der Waals surface area (Å²) in [5.41, 5.74) is 0. The van der Waals surface area contributed by atoms with Crippen LogP contribution in [0.25, 0.3) is 0 Å². The van der Waals surface area contributed by atoms with Gasteiger partial charge < -0.3 is 10.0 Å². The lowest BCUT2D eigenvalue weighted by Gasteiger charge is -2.31. The molecule has 4 heteroatoms. The topological polar surface area (TPSA) is 57.6 Å². The molecule has 4 atom stereocenters. The number of hydrogen-bond acceptors (Lipinski definition) is 2. The first kappa shape index (κ1) is 15.0. The fraction of sp³-hybridized carbons (Fsp3) is 0.857. The van der Waals surface area contributed by atoms with E-state index >= 15 is 0 Å². The van der Waals surface area contributed by atoms with E-state index in [1.165, 1.54) is 0 Å². The SMILES string of the molecule is CC1CC(C(=O)O)C(C(=O)N(C)C(C)C(C)C)C1. The molecule has 0 aromatic rings. The third kappa shape index (κ3) is 3.03. The lowest BCUT2D eigenvalue weighted by atomic mass is 9.93. The van der Waals surface area contributed by atoms with E-state index in [9.17, 15) is 14.7 Å². The van der Waals surface area contributed by atoms with Crippen LogP contribution >= 0.6 is 0 Å². The number of rotatable bonds is 4. The number of carboxylic acid groups (broad SMARTS) is 1. The Bertz CT molecular complexity index is 327. The smallest absolute Gasteiger partial charge is 0.307 e. The molecule has 1 rings (SSSR count). The normalized spacial score (nSPS) is 29.3. The summed E-state index contributed by atoms with van der Waals surface area (Å²) < 4.78 is 0. The second-order valence-corrected chi connectivity index (χ2v) is 6.06. The van der Waals surface area contributed by atoms with E-state index in [1.54, 1.807) is 11.9 Å². The molecule has 0 aromatic carbocycles. The molecule has 1 N–H and O–H groups in total. The van der Waals surface area contributed by atoms with Crippen molar-refractivity contribution in [2.45, 2.75) is 46.6 Å². The predicted molar refractivity (Wildman–Crippen MR) is 70.1 cm³/mol. The van der Waals surface area contributed by atoms with Gasteiger partial charge in [0, 0.05) is 13.1 Å². The van der Waals surface area contributed by atoms with Crippen LogP contribution in [0.15, 0.2) is 0 Å². The second kappa shape index (κ2) is 5.72. The van der Waals surface area contributed by atoms with Crippen LogP contribution in [0.4, 0.5) is 0 Å². The van der Waals surface area contributed by atoms with Gasteiger partial charge in [0.1, 0.15) is 0 Å². The van der Waals surface area contributed by atoms with Crippen molar-refractivity contribution in [3.05, 3.63) is 0 Å². The average Bonchev–Trinajstić information content (AvgIpc) is 2.68. The number of carbonyl (C=O) groups is 2. The second-order valence-electron chi connectivity index (χ2n) is 6.06. The number of amides is 1. The lowest BCUT2D eigenvalue weighted by Crippen LogP contribution is -2.43. The highest BCUT2D eigenvalue weighted by molar-refractivity contribution is 5.85. The van der Waals surface area contributed by atoms with Crippen molar-refractivity contribution in [1.29, 1.82) is 0 Å². The van der Waals surface area contributed by atoms with Crippen molar-refractivity contribution in [2.24, 2.45) is 23.7 Å². The van der Waals surface area contributed by atoms with Crippen molar-refractivity contribution in [3.63, 3.8) is 0 Å². The molecule has 1 amide bonds. The highest BCUT2D eigenvalue weighted by atomic mass is 16.4. The van der Waals surface area contributed by atoms with Crippen LogP contribution < -0.4 is 0 Å². The molecule has 0 bridgehead atoms. The molecule has 0 heterocycles. The zero-order valence-electron chi connectivity index (χ0n) is 12.0. The van der Waals surface area contributed by atoms with Gasteiger partial charge in [-0.05, 0) is 31.6 Å². The number of carboxylic acids is 1. The Morgan fingerprint density at radius 3 is 2.11 bits per heavy atom. The average molecular weight is 255 g/mol. The van der Waals surface area contributed by atoms with Gasteiger partial charge >= 0.3 is 5.97 Å². The van der Waals surface area contributed by atoms with Gasteiger partial charge in [-0.3, -0.25) is 9.59 Å². The van der Waals surface area contributed by atoms with Gasteiger partial charge in [-0.2, -0.15) is 0 Å². The highest BCUT2D eigenvalue weighted by Gasteiger charge is 2.42. The summed E-state index contributed by atoms with van der Waals surface area (Å²) >= 11 is 0. The summed E-state index contributed by atoms with van der Waals surface area (Å²) in [5, 5.41) is 9.21. The molecule has 0 radical (unpaired) electrons. The molecular weight excluding hydrogens is 230 g/mol. The van der Waals surface area contributed by atoms with E-state index in [-0.39, 0.29) is 17.9 Å². The number of carbonyl (C=O) groups excluding carboxylic acids is 1. The summed E-state index contributed by atoms with van der Waals surface area (Å²) in [4.78, 5) is 25.4. The predicted octanol–water partition coefficient (Wildman–Crippen LogP) is 2.24. The fourth-order valence-corrected chi connectivity index (χ4v) is 2.75. The Morgan fingerprint density at radius 1 is 1.17 bits per heavy atom. The van der Waals surface area contributed by atoms with E-state index in [0.717, 1.165) is 0 Å². The Morgan fingerprint density at radius 2 is 1.67 bits per heavy atom. The molecule has 0 aromatic heterocycles. The van der Waals surface area contributed by atoms with Gasteiger partial charge in [0.25, 0.3) is 0 Å². The maximum Gasteiger partial charge on any atom is 0.307 e. The quantitative estimate of drug-likeness (QED) is 0.838. The number of aliphatic carboxylic acids is 1. The van der Waals surface area contributed by atoms with Crippen molar-refractivity contribution < 1.29 is 14.7 Å². The van der Waals surface area contributed by atoms with Crippen molar-refractivity contribution >= 4 is 11.9 Å². The summed E-state index contributed by atoms with van der Waals surface area (Å²) in [6, 6.07) is 0.142. The summed E-state index contributed by atoms with van der Waals surface area (Å²) in [6.07, 6.45) is 1.32. The van der Waals surface area contributed by atoms with Gasteiger partial charge in [0.15, 0.2) is 0 Å². The van der Waals surface area contributed by atoms with Gasteiger partial charge in [-0.25, -0.2) is 0 Å². The van der Waals surface area contributed by atoms with Crippen LogP contribution in [0, 0.1) is 23.7 Å². The van der Waals surface area contributed by atoms with Gasteiger partial charge in [0.2, 0.25) is 5.91 Å². The van der Waals surface area contributed by atoms with Crippen LogP contribution in [0.3, 0.4) is 0 Å². The first-order valence-electron chi connectivity index (χ1n) is 6.75. The van der Waals surface area contributed by atoms with Crippen LogP contribution in [-0.4, -0.2) is 35.0 Å². The molecule has 0 saturated heterocycles. The van der Waals surface area contributed by atoms with E-state index in [0.29, 0.717) is 24.7 Å². The highest BCUT2D eigenvalue weighted by Crippen LogP contribution is 2.37. The van der Waals surface area contributed by atoms with Crippen molar-refractivity contribution in [1.82, 2.24) is 4.90 Å². The summed E-state index contributed by atoms with van der Waals surface area (Å²) in [6.45, 7) is 8.17. The maximum absolute atomic E-state index is 12.4. The minimum atomic E-state index is -0.830. The minimum Gasteiger partial charge on any atom is -0.481 e. The lowest BCUT2D eigenvalue weighted by molar-refractivity contribution is -0.149. The Hall–Kier alpha value is -1.06. The Labute approximate surface area is 109 Å². The molecule has 4 nitrogen and oxygen atoms in total. The Balaban J connectivity index is 2.79.